The van der Waals surface area contributed by atoms with Crippen LogP contribution >= 0.6 is 22.9 Å². The zero-order valence-corrected chi connectivity index (χ0v) is 11.9. The van der Waals surface area contributed by atoms with Gasteiger partial charge in [0, 0.05) is 10.9 Å². The van der Waals surface area contributed by atoms with Crippen molar-refractivity contribution in [3.63, 3.8) is 0 Å². The van der Waals surface area contributed by atoms with E-state index in [1.807, 2.05) is 24.4 Å². The van der Waals surface area contributed by atoms with E-state index in [-0.39, 0.29) is 22.4 Å². The summed E-state index contributed by atoms with van der Waals surface area (Å²) < 4.78 is 0. The molecule has 1 N–H and O–H groups in total. The van der Waals surface area contributed by atoms with Crippen molar-refractivity contribution >= 4 is 34.5 Å². The van der Waals surface area contributed by atoms with E-state index >= 15 is 0 Å². The first-order valence-corrected chi connectivity index (χ1v) is 6.89. The van der Waals surface area contributed by atoms with Crippen LogP contribution in [-0.4, -0.2) is 15.8 Å². The second kappa shape index (κ2) is 5.98. The normalized spacial score (nSPS) is 11.9. The summed E-state index contributed by atoms with van der Waals surface area (Å²) in [4.78, 5) is 26.8. The van der Waals surface area contributed by atoms with E-state index in [2.05, 4.69) is 10.3 Å². The fourth-order valence-electron chi connectivity index (χ4n) is 1.58. The molecule has 2 aromatic heterocycles. The quantitative estimate of drug-likeness (QED) is 0.534. The summed E-state index contributed by atoms with van der Waals surface area (Å²) in [7, 11) is 0. The van der Waals surface area contributed by atoms with Crippen LogP contribution in [0.15, 0.2) is 29.8 Å². The number of aromatic nitrogens is 1. The minimum atomic E-state index is -0.622. The van der Waals surface area contributed by atoms with Crippen LogP contribution < -0.4 is 5.32 Å². The molecule has 0 saturated carbocycles. The van der Waals surface area contributed by atoms with Gasteiger partial charge in [-0.1, -0.05) is 17.7 Å². The van der Waals surface area contributed by atoms with Gasteiger partial charge in [-0.3, -0.25) is 14.9 Å². The Morgan fingerprint density at radius 1 is 1.60 bits per heavy atom. The van der Waals surface area contributed by atoms with E-state index in [4.69, 9.17) is 11.6 Å². The Balaban J connectivity index is 2.20. The first kappa shape index (κ1) is 14.4. The summed E-state index contributed by atoms with van der Waals surface area (Å²) >= 11 is 7.32. The molecule has 0 aliphatic heterocycles. The van der Waals surface area contributed by atoms with E-state index < -0.39 is 10.8 Å². The fraction of sp³-hybridized carbons (Fsp3) is 0.167. The van der Waals surface area contributed by atoms with Gasteiger partial charge in [-0.2, -0.15) is 0 Å². The predicted octanol–water partition coefficient (Wildman–Crippen LogP) is 3.20. The molecular formula is C12H10ClN3O3S. The first-order valence-electron chi connectivity index (χ1n) is 5.63. The minimum absolute atomic E-state index is 0.00993. The van der Waals surface area contributed by atoms with Gasteiger partial charge in [0.2, 0.25) is 0 Å². The lowest BCUT2D eigenvalue weighted by molar-refractivity contribution is -0.385. The molecule has 0 saturated heterocycles. The number of nitrogens with zero attached hydrogens (tertiary/aromatic N) is 2. The maximum atomic E-state index is 12.1. The van der Waals surface area contributed by atoms with Gasteiger partial charge in [-0.05, 0) is 18.4 Å². The minimum Gasteiger partial charge on any atom is -0.345 e. The van der Waals surface area contributed by atoms with Gasteiger partial charge in [0.25, 0.3) is 11.6 Å². The molecule has 2 aromatic rings. The highest BCUT2D eigenvalue weighted by atomic mass is 35.5. The van der Waals surface area contributed by atoms with Crippen molar-refractivity contribution in [1.29, 1.82) is 0 Å². The van der Waals surface area contributed by atoms with Crippen molar-refractivity contribution in [2.24, 2.45) is 0 Å². The van der Waals surface area contributed by atoms with Crippen LogP contribution in [0.5, 0.6) is 0 Å². The average molecular weight is 312 g/mol. The Morgan fingerprint density at radius 3 is 2.95 bits per heavy atom. The zero-order valence-electron chi connectivity index (χ0n) is 10.4. The van der Waals surface area contributed by atoms with Crippen LogP contribution in [0.2, 0.25) is 5.15 Å². The van der Waals surface area contributed by atoms with Crippen LogP contribution in [0.1, 0.15) is 28.2 Å². The van der Waals surface area contributed by atoms with Gasteiger partial charge in [-0.15, -0.1) is 11.3 Å². The van der Waals surface area contributed by atoms with Crippen molar-refractivity contribution in [1.82, 2.24) is 10.3 Å². The van der Waals surface area contributed by atoms with Crippen molar-refractivity contribution in [2.75, 3.05) is 0 Å². The lowest BCUT2D eigenvalue weighted by Crippen LogP contribution is -2.26. The van der Waals surface area contributed by atoms with Crippen LogP contribution in [0.4, 0.5) is 5.69 Å². The molecule has 0 aromatic carbocycles. The number of hydrogen-bond donors (Lipinski definition) is 1. The number of halogens is 1. The van der Waals surface area contributed by atoms with Crippen LogP contribution in [0.25, 0.3) is 0 Å². The SMILES string of the molecule is CC(NC(=O)c1cc([N+](=O)[O-])cnc1Cl)c1cccs1. The van der Waals surface area contributed by atoms with Gasteiger partial charge < -0.3 is 5.32 Å². The Morgan fingerprint density at radius 2 is 2.35 bits per heavy atom. The van der Waals surface area contributed by atoms with Gasteiger partial charge in [0.05, 0.1) is 16.5 Å². The Bertz CT molecular complexity index is 645. The highest BCUT2D eigenvalue weighted by Crippen LogP contribution is 2.22. The van der Waals surface area contributed by atoms with Gasteiger partial charge in [-0.25, -0.2) is 4.98 Å². The fourth-order valence-corrected chi connectivity index (χ4v) is 2.50. The number of hydrogen-bond acceptors (Lipinski definition) is 5. The Hall–Kier alpha value is -1.99. The summed E-state index contributed by atoms with van der Waals surface area (Å²) in [5.74, 6) is -0.493. The monoisotopic (exact) mass is 311 g/mol. The molecule has 0 radical (unpaired) electrons. The lowest BCUT2D eigenvalue weighted by Gasteiger charge is -2.12. The summed E-state index contributed by atoms with van der Waals surface area (Å²) in [6.45, 7) is 1.82. The third-order valence-corrected chi connectivity index (χ3v) is 3.95. The smallest absolute Gasteiger partial charge is 0.288 e. The molecular weight excluding hydrogens is 302 g/mol. The molecule has 0 bridgehead atoms. The van der Waals surface area contributed by atoms with E-state index in [9.17, 15) is 14.9 Å². The topological polar surface area (TPSA) is 85.1 Å². The number of nitro groups is 1. The van der Waals surface area contributed by atoms with Crippen molar-refractivity contribution < 1.29 is 9.72 Å². The molecule has 8 heteroatoms. The zero-order chi connectivity index (χ0) is 14.7. The summed E-state index contributed by atoms with van der Waals surface area (Å²) in [6.07, 6.45) is 1.02. The van der Waals surface area contributed by atoms with Crippen molar-refractivity contribution in [3.05, 3.63) is 55.5 Å². The summed E-state index contributed by atoms with van der Waals surface area (Å²) in [6, 6.07) is 4.68. The number of pyridine rings is 1. The van der Waals surface area contributed by atoms with Crippen molar-refractivity contribution in [2.45, 2.75) is 13.0 Å². The van der Waals surface area contributed by atoms with Gasteiger partial charge in [0.15, 0.2) is 0 Å². The third-order valence-electron chi connectivity index (χ3n) is 2.60. The molecule has 104 valence electrons. The van der Waals surface area contributed by atoms with Crippen LogP contribution in [0, 0.1) is 10.1 Å². The molecule has 6 nitrogen and oxygen atoms in total. The third kappa shape index (κ3) is 3.12. The van der Waals surface area contributed by atoms with Gasteiger partial charge in [0.1, 0.15) is 11.3 Å². The molecule has 1 unspecified atom stereocenters. The molecule has 0 spiro atoms. The molecule has 1 atom stereocenters. The molecule has 0 aliphatic rings. The second-order valence-electron chi connectivity index (χ2n) is 4.00. The molecule has 2 heterocycles. The Kier molecular flexibility index (Phi) is 4.31. The lowest BCUT2D eigenvalue weighted by atomic mass is 10.2. The predicted molar refractivity (Wildman–Crippen MR) is 76.1 cm³/mol. The number of carbonyl (C=O) groups excluding carboxylic acids is 1. The number of nitrogens with one attached hydrogen (secondary N) is 1. The molecule has 1 amide bonds. The van der Waals surface area contributed by atoms with Gasteiger partial charge >= 0.3 is 0 Å². The largest absolute Gasteiger partial charge is 0.345 e. The molecule has 20 heavy (non-hydrogen) atoms. The maximum Gasteiger partial charge on any atom is 0.288 e. The number of carbonyl (C=O) groups is 1. The number of rotatable bonds is 4. The van der Waals surface area contributed by atoms with Crippen molar-refractivity contribution in [3.8, 4) is 0 Å². The maximum absolute atomic E-state index is 12.1. The van der Waals surface area contributed by atoms with Crippen LogP contribution in [-0.2, 0) is 0 Å². The van der Waals surface area contributed by atoms with E-state index in [0.717, 1.165) is 17.1 Å². The molecule has 0 fully saturated rings. The molecule has 0 aliphatic carbocycles. The molecule has 2 rings (SSSR count). The Labute approximate surface area is 123 Å². The highest BCUT2D eigenvalue weighted by molar-refractivity contribution is 7.10. The van der Waals surface area contributed by atoms with Crippen LogP contribution in [0.3, 0.4) is 0 Å². The number of thiophene rings is 1. The summed E-state index contributed by atoms with van der Waals surface area (Å²) in [5, 5.41) is 15.3. The number of amides is 1. The summed E-state index contributed by atoms with van der Waals surface area (Å²) in [5.41, 5.74) is -0.285. The van der Waals surface area contributed by atoms with E-state index in [1.54, 1.807) is 0 Å². The first-order chi connectivity index (χ1) is 9.49. The average Bonchev–Trinajstić information content (AvgIpc) is 2.92. The second-order valence-corrected chi connectivity index (χ2v) is 5.34. The highest BCUT2D eigenvalue weighted by Gasteiger charge is 2.19. The standard InChI is InChI=1S/C12H10ClN3O3S/c1-7(10-3-2-4-20-10)15-12(17)9-5-8(16(18)19)6-14-11(9)13/h2-7H,1H3,(H,15,17). The van der Waals surface area contributed by atoms with E-state index in [0.29, 0.717) is 0 Å². The van der Waals surface area contributed by atoms with E-state index in [1.165, 1.54) is 11.3 Å².